The van der Waals surface area contributed by atoms with Crippen LogP contribution in [0.5, 0.6) is 0 Å². The Labute approximate surface area is 150 Å². The number of rotatable bonds is 7. The highest BCUT2D eigenvalue weighted by atomic mass is 16.1. The molecule has 1 saturated heterocycles. The van der Waals surface area contributed by atoms with E-state index in [0.29, 0.717) is 12.3 Å². The van der Waals surface area contributed by atoms with E-state index in [1.165, 1.54) is 18.4 Å². The van der Waals surface area contributed by atoms with Gasteiger partial charge in [0, 0.05) is 39.3 Å². The molecule has 1 atom stereocenters. The third-order valence-electron chi connectivity index (χ3n) is 4.84. The Kier molecular flexibility index (Phi) is 6.23. The molecule has 0 saturated carbocycles. The summed E-state index contributed by atoms with van der Waals surface area (Å²) < 4.78 is 1.77. The zero-order chi connectivity index (χ0) is 17.5. The summed E-state index contributed by atoms with van der Waals surface area (Å²) in [7, 11) is 1.90. The summed E-state index contributed by atoms with van der Waals surface area (Å²) >= 11 is 0. The Morgan fingerprint density at radius 3 is 2.88 bits per heavy atom. The van der Waals surface area contributed by atoms with E-state index in [4.69, 9.17) is 0 Å². The van der Waals surface area contributed by atoms with Crippen molar-refractivity contribution < 1.29 is 4.79 Å². The molecule has 0 spiro atoms. The fourth-order valence-corrected chi connectivity index (χ4v) is 3.51. The lowest BCUT2D eigenvalue weighted by Crippen LogP contribution is -2.40. The van der Waals surface area contributed by atoms with E-state index < -0.39 is 0 Å². The predicted octanol–water partition coefficient (Wildman–Crippen LogP) is 2.38. The predicted molar refractivity (Wildman–Crippen MR) is 99.0 cm³/mol. The van der Waals surface area contributed by atoms with Crippen LogP contribution >= 0.6 is 0 Å². The quantitative estimate of drug-likeness (QED) is 0.842. The molecule has 1 aromatic carbocycles. The SMILES string of the molecule is Cn1cc(CCC(=O)NCC2CCCN(Cc3ccccc3)C2)cn1. The molecule has 1 fully saturated rings. The van der Waals surface area contributed by atoms with Crippen LogP contribution in [-0.2, 0) is 24.8 Å². The number of carbonyl (C=O) groups excluding carboxylic acids is 1. The van der Waals surface area contributed by atoms with Gasteiger partial charge in [0.1, 0.15) is 0 Å². The van der Waals surface area contributed by atoms with Crippen molar-refractivity contribution in [2.24, 2.45) is 13.0 Å². The molecule has 1 aromatic heterocycles. The van der Waals surface area contributed by atoms with Gasteiger partial charge in [-0.2, -0.15) is 5.10 Å². The van der Waals surface area contributed by atoms with Gasteiger partial charge in [0.15, 0.2) is 0 Å². The topological polar surface area (TPSA) is 50.2 Å². The Balaban J connectivity index is 1.38. The third kappa shape index (κ3) is 5.71. The van der Waals surface area contributed by atoms with Gasteiger partial charge in [0.25, 0.3) is 0 Å². The minimum Gasteiger partial charge on any atom is -0.356 e. The number of aromatic nitrogens is 2. The van der Waals surface area contributed by atoms with Crippen LogP contribution in [0, 0.1) is 5.92 Å². The Bertz CT molecular complexity index is 667. The van der Waals surface area contributed by atoms with Gasteiger partial charge in [0.2, 0.25) is 5.91 Å². The van der Waals surface area contributed by atoms with Gasteiger partial charge in [-0.1, -0.05) is 30.3 Å². The van der Waals surface area contributed by atoms with Crippen molar-refractivity contribution in [3.63, 3.8) is 0 Å². The second-order valence-electron chi connectivity index (χ2n) is 7.06. The van der Waals surface area contributed by atoms with Crippen LogP contribution in [-0.4, -0.2) is 40.2 Å². The van der Waals surface area contributed by atoms with Gasteiger partial charge in [-0.25, -0.2) is 0 Å². The van der Waals surface area contributed by atoms with Crippen LogP contribution in [0.4, 0.5) is 0 Å². The van der Waals surface area contributed by atoms with Crippen LogP contribution < -0.4 is 5.32 Å². The van der Waals surface area contributed by atoms with Gasteiger partial charge in [-0.05, 0) is 42.9 Å². The number of nitrogens with one attached hydrogen (secondary N) is 1. The number of benzene rings is 1. The first kappa shape index (κ1) is 17.7. The van der Waals surface area contributed by atoms with E-state index >= 15 is 0 Å². The zero-order valence-corrected chi connectivity index (χ0v) is 15.0. The van der Waals surface area contributed by atoms with Gasteiger partial charge >= 0.3 is 0 Å². The molecule has 1 N–H and O–H groups in total. The first-order chi connectivity index (χ1) is 12.2. The summed E-state index contributed by atoms with van der Waals surface area (Å²) in [5.74, 6) is 0.698. The largest absolute Gasteiger partial charge is 0.356 e. The summed E-state index contributed by atoms with van der Waals surface area (Å²) in [6.07, 6.45) is 7.50. The number of aryl methyl sites for hydroxylation is 2. The molecule has 1 aliphatic rings. The van der Waals surface area contributed by atoms with Crippen molar-refractivity contribution in [2.45, 2.75) is 32.2 Å². The number of hydrogen-bond acceptors (Lipinski definition) is 3. The Morgan fingerprint density at radius 1 is 1.28 bits per heavy atom. The van der Waals surface area contributed by atoms with Gasteiger partial charge < -0.3 is 5.32 Å². The molecule has 1 unspecified atom stereocenters. The molecule has 1 amide bonds. The molecule has 0 aliphatic carbocycles. The molecule has 1 aliphatic heterocycles. The lowest BCUT2D eigenvalue weighted by Gasteiger charge is -2.32. The van der Waals surface area contributed by atoms with E-state index in [-0.39, 0.29) is 5.91 Å². The molecular formula is C20H28N4O. The minimum absolute atomic E-state index is 0.143. The fourth-order valence-electron chi connectivity index (χ4n) is 3.51. The lowest BCUT2D eigenvalue weighted by molar-refractivity contribution is -0.121. The smallest absolute Gasteiger partial charge is 0.220 e. The number of carbonyl (C=O) groups is 1. The van der Waals surface area contributed by atoms with Gasteiger partial charge in [0.05, 0.1) is 6.20 Å². The van der Waals surface area contributed by atoms with Crippen LogP contribution in [0.15, 0.2) is 42.7 Å². The number of amides is 1. The van der Waals surface area contributed by atoms with Crippen molar-refractivity contribution >= 4 is 5.91 Å². The Morgan fingerprint density at radius 2 is 2.12 bits per heavy atom. The number of hydrogen-bond donors (Lipinski definition) is 1. The van der Waals surface area contributed by atoms with Crippen molar-refractivity contribution in [2.75, 3.05) is 19.6 Å². The second-order valence-corrected chi connectivity index (χ2v) is 7.06. The molecule has 2 aromatic rings. The molecule has 25 heavy (non-hydrogen) atoms. The normalized spacial score (nSPS) is 18.2. The molecule has 5 heteroatoms. The monoisotopic (exact) mass is 340 g/mol. The van der Waals surface area contributed by atoms with Crippen LogP contribution in [0.1, 0.15) is 30.4 Å². The molecule has 5 nitrogen and oxygen atoms in total. The number of piperidine rings is 1. The van der Waals surface area contributed by atoms with E-state index in [0.717, 1.165) is 38.2 Å². The first-order valence-electron chi connectivity index (χ1n) is 9.19. The molecule has 0 radical (unpaired) electrons. The lowest BCUT2D eigenvalue weighted by atomic mass is 9.97. The van der Waals surface area contributed by atoms with E-state index in [1.807, 2.05) is 19.4 Å². The van der Waals surface area contributed by atoms with Crippen molar-refractivity contribution in [3.05, 3.63) is 53.9 Å². The summed E-state index contributed by atoms with van der Waals surface area (Å²) in [6.45, 7) is 4.02. The molecule has 0 bridgehead atoms. The summed E-state index contributed by atoms with van der Waals surface area (Å²) in [5, 5.41) is 7.26. The minimum atomic E-state index is 0.143. The molecule has 2 heterocycles. The van der Waals surface area contributed by atoms with E-state index in [9.17, 15) is 4.79 Å². The molecule has 134 valence electrons. The number of nitrogens with zero attached hydrogens (tertiary/aromatic N) is 3. The van der Waals surface area contributed by atoms with Crippen molar-refractivity contribution in [3.8, 4) is 0 Å². The zero-order valence-electron chi connectivity index (χ0n) is 15.0. The first-order valence-corrected chi connectivity index (χ1v) is 9.19. The maximum absolute atomic E-state index is 12.1. The highest BCUT2D eigenvalue weighted by Crippen LogP contribution is 2.18. The van der Waals surface area contributed by atoms with E-state index in [1.54, 1.807) is 4.68 Å². The summed E-state index contributed by atoms with van der Waals surface area (Å²) in [4.78, 5) is 14.6. The summed E-state index contributed by atoms with van der Waals surface area (Å²) in [6, 6.07) is 10.6. The maximum Gasteiger partial charge on any atom is 0.220 e. The van der Waals surface area contributed by atoms with Crippen molar-refractivity contribution in [1.82, 2.24) is 20.0 Å². The van der Waals surface area contributed by atoms with E-state index in [2.05, 4.69) is 45.6 Å². The average molecular weight is 340 g/mol. The van der Waals surface area contributed by atoms with Crippen LogP contribution in [0.3, 0.4) is 0 Å². The van der Waals surface area contributed by atoms with Crippen molar-refractivity contribution in [1.29, 1.82) is 0 Å². The van der Waals surface area contributed by atoms with Gasteiger partial charge in [-0.15, -0.1) is 0 Å². The van der Waals surface area contributed by atoms with Crippen LogP contribution in [0.25, 0.3) is 0 Å². The third-order valence-corrected chi connectivity index (χ3v) is 4.84. The standard InChI is InChI=1S/C20H28N4O/c1-23-14-19(13-22-23)9-10-20(25)21-12-18-8-5-11-24(16-18)15-17-6-3-2-4-7-17/h2-4,6-7,13-14,18H,5,8-12,15-16H2,1H3,(H,21,25). The van der Waals surface area contributed by atoms with Gasteiger partial charge in [-0.3, -0.25) is 14.4 Å². The molecule has 3 rings (SSSR count). The highest BCUT2D eigenvalue weighted by molar-refractivity contribution is 5.76. The fraction of sp³-hybridized carbons (Fsp3) is 0.500. The molecular weight excluding hydrogens is 312 g/mol. The highest BCUT2D eigenvalue weighted by Gasteiger charge is 2.20. The summed E-state index contributed by atoms with van der Waals surface area (Å²) in [5.41, 5.74) is 2.48. The Hall–Kier alpha value is -2.14. The second kappa shape index (κ2) is 8.81. The maximum atomic E-state index is 12.1. The average Bonchev–Trinajstić information content (AvgIpc) is 3.05. The van der Waals surface area contributed by atoms with Crippen LogP contribution in [0.2, 0.25) is 0 Å². The number of likely N-dealkylation sites (tertiary alicyclic amines) is 1.